The van der Waals surface area contributed by atoms with Crippen LogP contribution in [0.15, 0.2) is 63.2 Å². The molecule has 0 bridgehead atoms. The van der Waals surface area contributed by atoms with Crippen molar-refractivity contribution in [2.75, 3.05) is 11.2 Å². The largest absolute Gasteiger partial charge is 0.397 e. The molecular formula is C15H11N3O2. The van der Waals surface area contributed by atoms with Gasteiger partial charge >= 0.3 is 0 Å². The van der Waals surface area contributed by atoms with Gasteiger partial charge in [0.15, 0.2) is 5.36 Å². The van der Waals surface area contributed by atoms with Crippen molar-refractivity contribution >= 4 is 22.1 Å². The second-order valence-electron chi connectivity index (χ2n) is 4.36. The first-order chi connectivity index (χ1) is 9.68. The van der Waals surface area contributed by atoms with Crippen molar-refractivity contribution in [1.82, 2.24) is 0 Å². The fraction of sp³-hybridized carbons (Fsp3) is 0. The van der Waals surface area contributed by atoms with Gasteiger partial charge in [-0.3, -0.25) is 15.0 Å². The van der Waals surface area contributed by atoms with E-state index in [9.17, 15) is 9.59 Å². The Morgan fingerprint density at radius 1 is 0.850 bits per heavy atom. The van der Waals surface area contributed by atoms with Gasteiger partial charge in [0.05, 0.1) is 11.4 Å². The van der Waals surface area contributed by atoms with E-state index in [2.05, 4.69) is 10.5 Å². The van der Waals surface area contributed by atoms with Crippen LogP contribution in [0, 0.1) is 0 Å². The molecule has 0 saturated heterocycles. The summed E-state index contributed by atoms with van der Waals surface area (Å²) in [7, 11) is 0. The Morgan fingerprint density at radius 2 is 1.40 bits per heavy atom. The molecule has 0 aliphatic carbocycles. The van der Waals surface area contributed by atoms with E-state index < -0.39 is 0 Å². The Labute approximate surface area is 113 Å². The molecule has 0 amide bonds. The van der Waals surface area contributed by atoms with Crippen LogP contribution < -0.4 is 27.4 Å². The number of hydrogen-bond acceptors (Lipinski definition) is 5. The molecule has 3 rings (SSSR count). The maximum absolute atomic E-state index is 12.1. The molecule has 5 nitrogen and oxygen atoms in total. The number of anilines is 2. The van der Waals surface area contributed by atoms with Gasteiger partial charge in [0.2, 0.25) is 10.9 Å². The minimum atomic E-state index is -0.368. The summed E-state index contributed by atoms with van der Waals surface area (Å²) in [6, 6.07) is 13.7. The Bertz CT molecular complexity index is 888. The summed E-state index contributed by atoms with van der Waals surface area (Å²) in [5.41, 5.74) is 8.74. The highest BCUT2D eigenvalue weighted by Crippen LogP contribution is 2.15. The van der Waals surface area contributed by atoms with Crippen LogP contribution >= 0.6 is 0 Å². The summed E-state index contributed by atoms with van der Waals surface area (Å²) in [5, 5.41) is 4.58. The molecule has 0 aromatic heterocycles. The Kier molecular flexibility index (Phi) is 2.80. The topological polar surface area (TPSA) is 84.5 Å². The third kappa shape index (κ3) is 1.85. The molecule has 5 heteroatoms. The Morgan fingerprint density at radius 3 is 2.00 bits per heavy atom. The fourth-order valence-electron chi connectivity index (χ4n) is 2.05. The first-order valence-corrected chi connectivity index (χ1v) is 6.05. The predicted molar refractivity (Wildman–Crippen MR) is 78.9 cm³/mol. The van der Waals surface area contributed by atoms with Crippen molar-refractivity contribution in [3.05, 3.63) is 74.3 Å². The number of nitrogens with one attached hydrogen (secondary N) is 1. The Hall–Kier alpha value is -2.95. The first-order valence-electron chi connectivity index (χ1n) is 6.05. The third-order valence-electron chi connectivity index (χ3n) is 3.10. The van der Waals surface area contributed by atoms with Crippen LogP contribution in [0.4, 0.5) is 11.4 Å². The van der Waals surface area contributed by atoms with E-state index in [4.69, 9.17) is 5.73 Å². The second kappa shape index (κ2) is 4.62. The number of fused-ring (bicyclic) bond motifs is 1. The summed E-state index contributed by atoms with van der Waals surface area (Å²) in [6.07, 6.45) is 0. The number of para-hydroxylation sites is 2. The zero-order chi connectivity index (χ0) is 14.1. The number of nitrogens with two attached hydrogens (primary N) is 1. The highest BCUT2D eigenvalue weighted by atomic mass is 16.1. The number of hydrogen-bond donors (Lipinski definition) is 2. The zero-order valence-corrected chi connectivity index (χ0v) is 10.5. The van der Waals surface area contributed by atoms with E-state index in [-0.39, 0.29) is 16.2 Å². The predicted octanol–water partition coefficient (Wildman–Crippen LogP) is 0.946. The van der Waals surface area contributed by atoms with Crippen LogP contribution in [-0.2, 0) is 0 Å². The molecule has 3 aromatic carbocycles. The van der Waals surface area contributed by atoms with E-state index in [1.54, 1.807) is 48.5 Å². The molecule has 0 radical (unpaired) electrons. The highest BCUT2D eigenvalue weighted by Gasteiger charge is 2.09. The van der Waals surface area contributed by atoms with E-state index in [0.29, 0.717) is 22.1 Å². The molecule has 20 heavy (non-hydrogen) atoms. The monoisotopic (exact) mass is 265 g/mol. The van der Waals surface area contributed by atoms with Crippen LogP contribution in [0.3, 0.4) is 0 Å². The average molecular weight is 265 g/mol. The number of nitrogens with zero attached hydrogens (tertiary/aromatic N) is 1. The molecule has 0 aliphatic heterocycles. The minimum absolute atomic E-state index is 0.116. The van der Waals surface area contributed by atoms with Crippen molar-refractivity contribution in [3.8, 4) is 0 Å². The number of rotatable bonds is 2. The molecule has 0 fully saturated rings. The third-order valence-corrected chi connectivity index (χ3v) is 3.10. The van der Waals surface area contributed by atoms with Crippen molar-refractivity contribution in [3.63, 3.8) is 0 Å². The van der Waals surface area contributed by atoms with Gasteiger partial charge in [-0.1, -0.05) is 36.4 Å². The summed E-state index contributed by atoms with van der Waals surface area (Å²) in [5.74, 6) is 0. The van der Waals surface area contributed by atoms with Crippen LogP contribution in [0.2, 0.25) is 0 Å². The lowest BCUT2D eigenvalue weighted by molar-refractivity contribution is 1.20. The lowest BCUT2D eigenvalue weighted by atomic mass is 10.2. The van der Waals surface area contributed by atoms with Crippen molar-refractivity contribution in [2.24, 2.45) is 5.10 Å². The highest BCUT2D eigenvalue weighted by molar-refractivity contribution is 5.83. The van der Waals surface area contributed by atoms with Crippen molar-refractivity contribution in [1.29, 1.82) is 0 Å². The molecule has 0 heterocycles. The lowest BCUT2D eigenvalue weighted by Crippen LogP contribution is -2.32. The van der Waals surface area contributed by atoms with E-state index in [1.807, 2.05) is 0 Å². The van der Waals surface area contributed by atoms with E-state index >= 15 is 0 Å². The maximum Gasteiger partial charge on any atom is 0.217 e. The van der Waals surface area contributed by atoms with E-state index in [1.165, 1.54) is 0 Å². The van der Waals surface area contributed by atoms with Gasteiger partial charge in [0.1, 0.15) is 0 Å². The summed E-state index contributed by atoms with van der Waals surface area (Å²) < 4.78 is 0. The maximum atomic E-state index is 12.1. The quantitative estimate of drug-likeness (QED) is 0.533. The molecular weight excluding hydrogens is 254 g/mol. The van der Waals surface area contributed by atoms with Crippen LogP contribution in [0.25, 0.3) is 10.8 Å². The van der Waals surface area contributed by atoms with Gasteiger partial charge in [-0.25, -0.2) is 0 Å². The average Bonchev–Trinajstić information content (AvgIpc) is 2.71. The zero-order valence-electron chi connectivity index (χ0n) is 10.5. The molecule has 3 N–H and O–H groups in total. The van der Waals surface area contributed by atoms with Crippen LogP contribution in [0.1, 0.15) is 0 Å². The Balaban J connectivity index is 2.16. The smallest absolute Gasteiger partial charge is 0.217 e. The minimum Gasteiger partial charge on any atom is -0.397 e. The standard InChI is InChI=1S/C15H11N3O2/c16-11-7-3-4-8-12(11)17-18-13-14(19)9-5-1-2-6-10(9)15(13)20/h1-8,17H,16H2. The molecule has 0 spiro atoms. The normalized spacial score (nSPS) is 10.6. The molecule has 3 aromatic rings. The number of benzene rings is 2. The molecule has 98 valence electrons. The van der Waals surface area contributed by atoms with Gasteiger partial charge in [-0.05, 0) is 12.1 Å². The summed E-state index contributed by atoms with van der Waals surface area (Å²) >= 11 is 0. The second-order valence-corrected chi connectivity index (χ2v) is 4.36. The molecule has 0 unspecified atom stereocenters. The van der Waals surface area contributed by atoms with E-state index in [0.717, 1.165) is 0 Å². The SMILES string of the molecule is Nc1ccccc1NN=c1c(=O)c2ccccc2c1=O. The molecule has 0 aliphatic rings. The first kappa shape index (κ1) is 12.1. The van der Waals surface area contributed by atoms with Crippen LogP contribution in [0.5, 0.6) is 0 Å². The number of nitrogen functional groups attached to an aromatic ring is 1. The van der Waals surface area contributed by atoms with Crippen molar-refractivity contribution in [2.45, 2.75) is 0 Å². The van der Waals surface area contributed by atoms with Crippen LogP contribution in [-0.4, -0.2) is 0 Å². The summed E-state index contributed by atoms with van der Waals surface area (Å²) in [4.78, 5) is 24.2. The van der Waals surface area contributed by atoms with Gasteiger partial charge in [-0.2, -0.15) is 5.10 Å². The lowest BCUT2D eigenvalue weighted by Gasteiger charge is -2.01. The van der Waals surface area contributed by atoms with Gasteiger partial charge in [0.25, 0.3) is 0 Å². The van der Waals surface area contributed by atoms with Gasteiger partial charge in [-0.15, -0.1) is 0 Å². The van der Waals surface area contributed by atoms with Gasteiger partial charge in [0, 0.05) is 10.8 Å². The van der Waals surface area contributed by atoms with Gasteiger partial charge < -0.3 is 5.73 Å². The molecule has 0 saturated carbocycles. The van der Waals surface area contributed by atoms with Crippen molar-refractivity contribution < 1.29 is 0 Å². The molecule has 0 atom stereocenters. The summed E-state index contributed by atoms with van der Waals surface area (Å²) in [6.45, 7) is 0. The fourth-order valence-corrected chi connectivity index (χ4v) is 2.05.